The Morgan fingerprint density at radius 3 is 2.63 bits per heavy atom. The average molecular weight is 276 g/mol. The van der Waals surface area contributed by atoms with Crippen LogP contribution in [0.5, 0.6) is 0 Å². The first-order valence-electron chi connectivity index (χ1n) is 7.41. The second kappa shape index (κ2) is 6.90. The van der Waals surface area contributed by atoms with Crippen LogP contribution in [0.4, 0.5) is 0 Å². The van der Waals surface area contributed by atoms with Crippen LogP contribution in [0.2, 0.25) is 0 Å². The molecule has 0 amide bonds. The van der Waals surface area contributed by atoms with Crippen molar-refractivity contribution in [1.82, 2.24) is 9.55 Å². The van der Waals surface area contributed by atoms with Crippen LogP contribution < -0.4 is 0 Å². The molecule has 0 aliphatic heterocycles. The molecule has 1 N–H and O–H groups in total. The average Bonchev–Trinajstić information content (AvgIpc) is 2.69. The third-order valence-electron chi connectivity index (χ3n) is 3.67. The molecule has 0 saturated carbocycles. The lowest BCUT2D eigenvalue weighted by Gasteiger charge is -2.05. The number of H-pyrrole nitrogens is 1. The number of hydrogen-bond donors (Lipinski definition) is 1. The summed E-state index contributed by atoms with van der Waals surface area (Å²) in [6.07, 6.45) is 7.93. The number of hydrogen-bond acceptors (Lipinski definition) is 1. The summed E-state index contributed by atoms with van der Waals surface area (Å²) >= 11 is 5.42. The Labute approximate surface area is 120 Å². The number of fused-ring (bicyclic) bond motifs is 1. The molecule has 0 aliphatic carbocycles. The van der Waals surface area contributed by atoms with Gasteiger partial charge in [0.15, 0.2) is 4.77 Å². The van der Waals surface area contributed by atoms with Crippen molar-refractivity contribution in [3.63, 3.8) is 0 Å². The van der Waals surface area contributed by atoms with E-state index in [1.807, 2.05) is 0 Å². The molecule has 2 aromatic rings. The fourth-order valence-electron chi connectivity index (χ4n) is 2.54. The van der Waals surface area contributed by atoms with Gasteiger partial charge in [-0.2, -0.15) is 0 Å². The molecule has 1 aromatic carbocycles. The minimum atomic E-state index is 0.856. The highest BCUT2D eigenvalue weighted by molar-refractivity contribution is 7.71. The third-order valence-corrected chi connectivity index (χ3v) is 3.99. The normalized spacial score (nSPS) is 11.3. The van der Waals surface area contributed by atoms with Gasteiger partial charge in [0.2, 0.25) is 0 Å². The van der Waals surface area contributed by atoms with E-state index in [-0.39, 0.29) is 0 Å². The van der Waals surface area contributed by atoms with E-state index in [0.717, 1.165) is 16.8 Å². The summed E-state index contributed by atoms with van der Waals surface area (Å²) in [4.78, 5) is 3.29. The van der Waals surface area contributed by atoms with Crippen LogP contribution in [0.25, 0.3) is 11.0 Å². The molecule has 2 nitrogen and oxygen atoms in total. The first-order chi connectivity index (χ1) is 9.22. The van der Waals surface area contributed by atoms with E-state index >= 15 is 0 Å². The van der Waals surface area contributed by atoms with E-state index in [0.29, 0.717) is 0 Å². The van der Waals surface area contributed by atoms with Gasteiger partial charge in [0.25, 0.3) is 0 Å². The van der Waals surface area contributed by atoms with Crippen LogP contribution in [0.3, 0.4) is 0 Å². The van der Waals surface area contributed by atoms with Gasteiger partial charge in [0.1, 0.15) is 0 Å². The highest BCUT2D eigenvalue weighted by Crippen LogP contribution is 2.17. The smallest absolute Gasteiger partial charge is 0.178 e. The summed E-state index contributed by atoms with van der Waals surface area (Å²) < 4.78 is 3.10. The minimum absolute atomic E-state index is 0.856. The predicted octanol–water partition coefficient (Wildman–Crippen LogP) is 5.37. The molecule has 104 valence electrons. The van der Waals surface area contributed by atoms with Gasteiger partial charge in [0.05, 0.1) is 11.0 Å². The number of nitrogens with one attached hydrogen (secondary N) is 1. The SMILES string of the molecule is CCCCCCCCn1c(=S)[nH]c2ccc(C)cc21. The molecule has 0 fully saturated rings. The van der Waals surface area contributed by atoms with Gasteiger partial charge in [-0.15, -0.1) is 0 Å². The van der Waals surface area contributed by atoms with Crippen molar-refractivity contribution in [3.8, 4) is 0 Å². The zero-order valence-electron chi connectivity index (χ0n) is 12.0. The number of benzene rings is 1. The van der Waals surface area contributed by atoms with Gasteiger partial charge >= 0.3 is 0 Å². The number of aryl methyl sites for hydroxylation is 2. The van der Waals surface area contributed by atoms with Crippen LogP contribution in [-0.2, 0) is 6.54 Å². The van der Waals surface area contributed by atoms with Crippen molar-refractivity contribution in [2.24, 2.45) is 0 Å². The van der Waals surface area contributed by atoms with Crippen molar-refractivity contribution in [3.05, 3.63) is 28.5 Å². The summed E-state index contributed by atoms with van der Waals surface area (Å²) in [5.41, 5.74) is 3.69. The molecule has 1 aromatic heterocycles. The number of unbranched alkanes of at least 4 members (excludes halogenated alkanes) is 5. The minimum Gasteiger partial charge on any atom is -0.331 e. The monoisotopic (exact) mass is 276 g/mol. The number of aromatic amines is 1. The summed E-state index contributed by atoms with van der Waals surface area (Å²) in [6.45, 7) is 5.42. The second-order valence-corrected chi connectivity index (χ2v) is 5.76. The Balaban J connectivity index is 1.98. The largest absolute Gasteiger partial charge is 0.331 e. The van der Waals surface area contributed by atoms with Crippen molar-refractivity contribution in [2.75, 3.05) is 0 Å². The van der Waals surface area contributed by atoms with Gasteiger partial charge in [-0.1, -0.05) is 45.1 Å². The van der Waals surface area contributed by atoms with Crippen molar-refractivity contribution in [1.29, 1.82) is 0 Å². The van der Waals surface area contributed by atoms with Crippen LogP contribution >= 0.6 is 12.2 Å². The van der Waals surface area contributed by atoms with Gasteiger partial charge in [-0.25, -0.2) is 0 Å². The van der Waals surface area contributed by atoms with Crippen molar-refractivity contribution >= 4 is 23.3 Å². The number of imidazole rings is 1. The Morgan fingerprint density at radius 1 is 1.11 bits per heavy atom. The molecule has 0 unspecified atom stereocenters. The van der Waals surface area contributed by atoms with Gasteiger partial charge in [-0.05, 0) is 43.3 Å². The molecule has 0 bridgehead atoms. The Hall–Kier alpha value is -1.09. The Bertz CT molecular complexity index is 580. The van der Waals surface area contributed by atoms with Gasteiger partial charge < -0.3 is 9.55 Å². The number of rotatable bonds is 7. The van der Waals surface area contributed by atoms with Crippen LogP contribution in [-0.4, -0.2) is 9.55 Å². The van der Waals surface area contributed by atoms with Crippen LogP contribution in [0.1, 0.15) is 51.0 Å². The molecule has 1 heterocycles. The predicted molar refractivity (Wildman–Crippen MR) is 85.2 cm³/mol. The van der Waals surface area contributed by atoms with Gasteiger partial charge in [0, 0.05) is 6.54 Å². The number of nitrogens with zero attached hydrogens (tertiary/aromatic N) is 1. The van der Waals surface area contributed by atoms with E-state index in [9.17, 15) is 0 Å². The summed E-state index contributed by atoms with van der Waals surface area (Å²) in [6, 6.07) is 6.47. The topological polar surface area (TPSA) is 20.7 Å². The van der Waals surface area contributed by atoms with Crippen molar-refractivity contribution < 1.29 is 0 Å². The molecule has 0 spiro atoms. The van der Waals surface area contributed by atoms with E-state index < -0.39 is 0 Å². The summed E-state index contributed by atoms with van der Waals surface area (Å²) in [5.74, 6) is 0. The molecule has 3 heteroatoms. The molecule has 0 radical (unpaired) electrons. The number of aromatic nitrogens is 2. The lowest BCUT2D eigenvalue weighted by molar-refractivity contribution is 0.561. The maximum Gasteiger partial charge on any atom is 0.178 e. The standard InChI is InChI=1S/C16H24N2S/c1-3-4-5-6-7-8-11-18-15-12-13(2)9-10-14(15)17-16(18)19/h9-10,12H,3-8,11H2,1-2H3,(H,17,19). The fraction of sp³-hybridized carbons (Fsp3) is 0.562. The van der Waals surface area contributed by atoms with E-state index in [1.165, 1.54) is 49.6 Å². The van der Waals surface area contributed by atoms with Gasteiger partial charge in [-0.3, -0.25) is 0 Å². The van der Waals surface area contributed by atoms with Crippen LogP contribution in [0.15, 0.2) is 18.2 Å². The molecule has 0 saturated heterocycles. The van der Waals surface area contributed by atoms with E-state index in [2.05, 4.69) is 41.6 Å². The highest BCUT2D eigenvalue weighted by Gasteiger charge is 2.04. The maximum absolute atomic E-state index is 5.42. The molecule has 0 aliphatic rings. The summed E-state index contributed by atoms with van der Waals surface area (Å²) in [7, 11) is 0. The zero-order chi connectivity index (χ0) is 13.7. The third kappa shape index (κ3) is 3.69. The fourth-order valence-corrected chi connectivity index (χ4v) is 2.83. The summed E-state index contributed by atoms with van der Waals surface area (Å²) in [5, 5.41) is 0. The quantitative estimate of drug-likeness (QED) is 0.532. The maximum atomic E-state index is 5.42. The zero-order valence-corrected chi connectivity index (χ0v) is 12.9. The molecular formula is C16H24N2S. The lowest BCUT2D eigenvalue weighted by atomic mass is 10.1. The Morgan fingerprint density at radius 2 is 1.84 bits per heavy atom. The Kier molecular flexibility index (Phi) is 5.20. The first-order valence-corrected chi connectivity index (χ1v) is 7.82. The highest BCUT2D eigenvalue weighted by atomic mass is 32.1. The first kappa shape index (κ1) is 14.3. The van der Waals surface area contributed by atoms with Crippen LogP contribution in [0, 0.1) is 11.7 Å². The molecule has 2 rings (SSSR count). The molecular weight excluding hydrogens is 252 g/mol. The molecule has 0 atom stereocenters. The lowest BCUT2D eigenvalue weighted by Crippen LogP contribution is -1.98. The van der Waals surface area contributed by atoms with Crippen molar-refractivity contribution in [2.45, 2.75) is 58.9 Å². The molecule has 19 heavy (non-hydrogen) atoms. The second-order valence-electron chi connectivity index (χ2n) is 5.37. The van der Waals surface area contributed by atoms with E-state index in [4.69, 9.17) is 12.2 Å². The van der Waals surface area contributed by atoms with E-state index in [1.54, 1.807) is 0 Å².